The highest BCUT2D eigenvalue weighted by atomic mass is 35.5. The minimum atomic E-state index is 0.113. The van der Waals surface area contributed by atoms with E-state index in [1.165, 1.54) is 12.8 Å². The minimum Gasteiger partial charge on any atom is -0.344 e. The summed E-state index contributed by atoms with van der Waals surface area (Å²) in [6.45, 7) is 7.90. The number of rotatable bonds is 6. The fourth-order valence-electron chi connectivity index (χ4n) is 3.53. The number of aryl methyl sites for hydroxylation is 1. The van der Waals surface area contributed by atoms with Gasteiger partial charge in [-0.15, -0.1) is 0 Å². The van der Waals surface area contributed by atoms with E-state index >= 15 is 0 Å². The van der Waals surface area contributed by atoms with Gasteiger partial charge >= 0.3 is 0 Å². The molecule has 1 aromatic heterocycles. The molecule has 0 saturated carbocycles. The maximum Gasteiger partial charge on any atom is 0.226 e. The van der Waals surface area contributed by atoms with Gasteiger partial charge in [0.05, 0.1) is 22.8 Å². The molecule has 1 aliphatic rings. The summed E-state index contributed by atoms with van der Waals surface area (Å²) < 4.78 is 1.79. The SMILES string of the molecule is Cc1nn(-c2ccc(Cl)cc2Cl)c(C)c1CC(=O)N(C)CCN1CCCC1. The predicted molar refractivity (Wildman–Crippen MR) is 110 cm³/mol. The van der Waals surface area contributed by atoms with Crippen molar-refractivity contribution in [3.63, 3.8) is 0 Å². The average Bonchev–Trinajstić information content (AvgIpc) is 3.23. The Morgan fingerprint density at radius 1 is 1.22 bits per heavy atom. The number of likely N-dealkylation sites (tertiary alicyclic amines) is 1. The number of carbonyl (C=O) groups is 1. The molecular formula is C20H26Cl2N4O. The van der Waals surface area contributed by atoms with E-state index in [0.29, 0.717) is 16.5 Å². The topological polar surface area (TPSA) is 41.4 Å². The second-order valence-electron chi connectivity index (χ2n) is 7.20. The lowest BCUT2D eigenvalue weighted by Gasteiger charge is -2.21. The maximum atomic E-state index is 12.7. The van der Waals surface area contributed by atoms with Crippen LogP contribution in [0.4, 0.5) is 0 Å². The number of hydrogen-bond donors (Lipinski definition) is 0. The van der Waals surface area contributed by atoms with E-state index in [-0.39, 0.29) is 5.91 Å². The third kappa shape index (κ3) is 4.65. The summed E-state index contributed by atoms with van der Waals surface area (Å²) in [5.41, 5.74) is 3.50. The van der Waals surface area contributed by atoms with Crippen LogP contribution < -0.4 is 0 Å². The van der Waals surface area contributed by atoms with Crippen molar-refractivity contribution in [2.24, 2.45) is 0 Å². The standard InChI is InChI=1S/C20H26Cl2N4O/c1-14-17(13-20(27)24(3)10-11-25-8-4-5-9-25)15(2)26(23-14)19-7-6-16(21)12-18(19)22/h6-7,12H,4-5,8-11,13H2,1-3H3. The Morgan fingerprint density at radius 3 is 2.59 bits per heavy atom. The largest absolute Gasteiger partial charge is 0.344 e. The fraction of sp³-hybridized carbons (Fsp3) is 0.500. The van der Waals surface area contributed by atoms with E-state index < -0.39 is 0 Å². The number of likely N-dealkylation sites (N-methyl/N-ethyl adjacent to an activating group) is 1. The number of halogens is 2. The van der Waals surface area contributed by atoms with Crippen molar-refractivity contribution in [1.29, 1.82) is 0 Å². The number of aromatic nitrogens is 2. The Hall–Kier alpha value is -1.56. The first-order valence-corrected chi connectivity index (χ1v) is 10.1. The van der Waals surface area contributed by atoms with E-state index in [1.54, 1.807) is 16.8 Å². The fourth-order valence-corrected chi connectivity index (χ4v) is 4.02. The van der Waals surface area contributed by atoms with Gasteiger partial charge < -0.3 is 9.80 Å². The summed E-state index contributed by atoms with van der Waals surface area (Å²) in [7, 11) is 1.88. The van der Waals surface area contributed by atoms with Crippen LogP contribution in [0.5, 0.6) is 0 Å². The highest BCUT2D eigenvalue weighted by molar-refractivity contribution is 6.35. The summed E-state index contributed by atoms with van der Waals surface area (Å²) in [4.78, 5) is 16.9. The van der Waals surface area contributed by atoms with Gasteiger partial charge in [0, 0.05) is 36.4 Å². The molecule has 1 aliphatic heterocycles. The van der Waals surface area contributed by atoms with E-state index in [9.17, 15) is 4.79 Å². The van der Waals surface area contributed by atoms with E-state index in [4.69, 9.17) is 23.2 Å². The number of nitrogens with zero attached hydrogens (tertiary/aromatic N) is 4. The summed E-state index contributed by atoms with van der Waals surface area (Å²) in [5.74, 6) is 0.113. The lowest BCUT2D eigenvalue weighted by atomic mass is 10.1. The zero-order chi connectivity index (χ0) is 19.6. The van der Waals surface area contributed by atoms with E-state index in [2.05, 4.69) is 10.00 Å². The molecule has 0 spiro atoms. The molecule has 0 bridgehead atoms. The van der Waals surface area contributed by atoms with Gasteiger partial charge in [0.2, 0.25) is 5.91 Å². The lowest BCUT2D eigenvalue weighted by Crippen LogP contribution is -2.36. The van der Waals surface area contributed by atoms with Gasteiger partial charge in [0.1, 0.15) is 0 Å². The van der Waals surface area contributed by atoms with Crippen LogP contribution in [0.1, 0.15) is 29.8 Å². The summed E-state index contributed by atoms with van der Waals surface area (Å²) in [5, 5.41) is 5.72. The van der Waals surface area contributed by atoms with Crippen molar-refractivity contribution >= 4 is 29.1 Å². The van der Waals surface area contributed by atoms with Gasteiger partial charge in [-0.05, 0) is 58.0 Å². The Morgan fingerprint density at radius 2 is 1.93 bits per heavy atom. The number of amides is 1. The Balaban J connectivity index is 1.71. The van der Waals surface area contributed by atoms with Crippen LogP contribution >= 0.6 is 23.2 Å². The molecule has 0 atom stereocenters. The number of benzene rings is 1. The molecule has 0 unspecified atom stereocenters. The van der Waals surface area contributed by atoms with Crippen molar-refractivity contribution in [2.75, 3.05) is 33.2 Å². The summed E-state index contributed by atoms with van der Waals surface area (Å²) in [6, 6.07) is 5.33. The van der Waals surface area contributed by atoms with Gasteiger partial charge in [-0.3, -0.25) is 4.79 Å². The van der Waals surface area contributed by atoms with Crippen molar-refractivity contribution in [1.82, 2.24) is 19.6 Å². The zero-order valence-corrected chi connectivity index (χ0v) is 17.6. The summed E-state index contributed by atoms with van der Waals surface area (Å²) >= 11 is 12.3. The highest BCUT2D eigenvalue weighted by Crippen LogP contribution is 2.27. The molecule has 0 radical (unpaired) electrons. The highest BCUT2D eigenvalue weighted by Gasteiger charge is 2.20. The maximum absolute atomic E-state index is 12.7. The van der Waals surface area contributed by atoms with Gasteiger partial charge in [0.15, 0.2) is 0 Å². The van der Waals surface area contributed by atoms with Gasteiger partial charge in [-0.2, -0.15) is 5.10 Å². The first-order valence-electron chi connectivity index (χ1n) is 9.33. The Bertz CT molecular complexity index is 828. The Labute approximate surface area is 170 Å². The van der Waals surface area contributed by atoms with Gasteiger partial charge in [0.25, 0.3) is 0 Å². The van der Waals surface area contributed by atoms with E-state index in [0.717, 1.165) is 48.8 Å². The quantitative estimate of drug-likeness (QED) is 0.727. The molecule has 1 fully saturated rings. The molecular weight excluding hydrogens is 383 g/mol. The molecule has 1 saturated heterocycles. The Kier molecular flexibility index (Phi) is 6.45. The molecule has 3 rings (SSSR count). The molecule has 5 nitrogen and oxygen atoms in total. The van der Waals surface area contributed by atoms with Crippen LogP contribution in [0.15, 0.2) is 18.2 Å². The van der Waals surface area contributed by atoms with Crippen LogP contribution in [0, 0.1) is 13.8 Å². The van der Waals surface area contributed by atoms with Crippen molar-refractivity contribution in [3.05, 3.63) is 45.2 Å². The van der Waals surface area contributed by atoms with Crippen LogP contribution in [0.3, 0.4) is 0 Å². The predicted octanol–water partition coefficient (Wildman–Crippen LogP) is 3.89. The summed E-state index contributed by atoms with van der Waals surface area (Å²) in [6.07, 6.45) is 2.88. The van der Waals surface area contributed by atoms with Crippen LogP contribution in [0.2, 0.25) is 10.0 Å². The van der Waals surface area contributed by atoms with Crippen LogP contribution in [0.25, 0.3) is 5.69 Å². The molecule has 146 valence electrons. The average molecular weight is 409 g/mol. The second kappa shape index (κ2) is 8.63. The monoisotopic (exact) mass is 408 g/mol. The minimum absolute atomic E-state index is 0.113. The molecule has 1 amide bonds. The smallest absolute Gasteiger partial charge is 0.226 e. The molecule has 27 heavy (non-hydrogen) atoms. The lowest BCUT2D eigenvalue weighted by molar-refractivity contribution is -0.129. The van der Waals surface area contributed by atoms with Crippen molar-refractivity contribution in [2.45, 2.75) is 33.1 Å². The van der Waals surface area contributed by atoms with E-state index in [1.807, 2.05) is 31.9 Å². The van der Waals surface area contributed by atoms with Crippen LogP contribution in [-0.4, -0.2) is 58.7 Å². The van der Waals surface area contributed by atoms with Gasteiger partial charge in [-0.25, -0.2) is 4.68 Å². The van der Waals surface area contributed by atoms with Crippen LogP contribution in [-0.2, 0) is 11.2 Å². The molecule has 7 heteroatoms. The number of hydrogen-bond acceptors (Lipinski definition) is 3. The molecule has 0 N–H and O–H groups in total. The normalized spacial score (nSPS) is 14.7. The molecule has 1 aromatic carbocycles. The second-order valence-corrected chi connectivity index (χ2v) is 8.04. The first kappa shape index (κ1) is 20.2. The third-order valence-electron chi connectivity index (χ3n) is 5.28. The molecule has 2 heterocycles. The number of carbonyl (C=O) groups excluding carboxylic acids is 1. The van der Waals surface area contributed by atoms with Gasteiger partial charge in [-0.1, -0.05) is 23.2 Å². The zero-order valence-electron chi connectivity index (χ0n) is 16.1. The first-order chi connectivity index (χ1) is 12.9. The van der Waals surface area contributed by atoms with Crippen molar-refractivity contribution in [3.8, 4) is 5.69 Å². The molecule has 0 aliphatic carbocycles. The van der Waals surface area contributed by atoms with Crippen molar-refractivity contribution < 1.29 is 4.79 Å². The molecule has 2 aromatic rings. The third-order valence-corrected chi connectivity index (χ3v) is 5.82.